The van der Waals surface area contributed by atoms with Crippen LogP contribution in [0.2, 0.25) is 0 Å². The Kier molecular flexibility index (Phi) is 3.07. The first-order chi connectivity index (χ1) is 8.78. The van der Waals surface area contributed by atoms with E-state index in [4.69, 9.17) is 0 Å². The van der Waals surface area contributed by atoms with Crippen LogP contribution in [0.25, 0.3) is 0 Å². The fourth-order valence-electron chi connectivity index (χ4n) is 3.15. The second-order valence-electron chi connectivity index (χ2n) is 5.30. The number of nitrogens with zero attached hydrogens (tertiary/aromatic N) is 4. The lowest BCUT2D eigenvalue weighted by Gasteiger charge is -2.43. The molecule has 1 aromatic heterocycles. The zero-order chi connectivity index (χ0) is 12.5. The maximum atomic E-state index is 4.43. The van der Waals surface area contributed by atoms with Crippen molar-refractivity contribution in [3.05, 3.63) is 12.4 Å². The second-order valence-corrected chi connectivity index (χ2v) is 5.30. The Morgan fingerprint density at radius 1 is 1.33 bits per heavy atom. The molecule has 2 fully saturated rings. The number of hydrogen-bond acceptors (Lipinski definition) is 5. The van der Waals surface area contributed by atoms with Gasteiger partial charge in [0.1, 0.15) is 18.0 Å². The van der Waals surface area contributed by atoms with Crippen molar-refractivity contribution in [3.63, 3.8) is 0 Å². The first kappa shape index (κ1) is 11.7. The van der Waals surface area contributed by atoms with Crippen molar-refractivity contribution in [2.45, 2.75) is 31.8 Å². The molecule has 1 aromatic rings. The van der Waals surface area contributed by atoms with Crippen molar-refractivity contribution in [3.8, 4) is 0 Å². The summed E-state index contributed by atoms with van der Waals surface area (Å²) in [4.78, 5) is 13.7. The third kappa shape index (κ3) is 2.03. The van der Waals surface area contributed by atoms with Gasteiger partial charge in [0.05, 0.1) is 0 Å². The largest absolute Gasteiger partial charge is 0.373 e. The Labute approximate surface area is 108 Å². The van der Waals surface area contributed by atoms with Crippen molar-refractivity contribution < 1.29 is 0 Å². The quantitative estimate of drug-likeness (QED) is 0.850. The van der Waals surface area contributed by atoms with E-state index in [0.29, 0.717) is 12.1 Å². The molecule has 2 saturated heterocycles. The van der Waals surface area contributed by atoms with E-state index < -0.39 is 0 Å². The standard InChI is InChI=1S/C13H21N5/c1-10-7-17-5-3-4-11(17)8-18(10)13-6-12(14-2)15-9-16-13/h6,9-11H,3-5,7-8H2,1-2H3,(H,14,15,16). The van der Waals surface area contributed by atoms with Crippen LogP contribution in [0.15, 0.2) is 12.4 Å². The topological polar surface area (TPSA) is 44.3 Å². The fraction of sp³-hybridized carbons (Fsp3) is 0.692. The number of hydrogen-bond donors (Lipinski definition) is 1. The van der Waals surface area contributed by atoms with E-state index in [1.807, 2.05) is 13.1 Å². The number of anilines is 2. The van der Waals surface area contributed by atoms with Crippen molar-refractivity contribution >= 4 is 11.6 Å². The molecule has 3 rings (SSSR count). The fourth-order valence-corrected chi connectivity index (χ4v) is 3.15. The van der Waals surface area contributed by atoms with Gasteiger partial charge in [-0.25, -0.2) is 9.97 Å². The highest BCUT2D eigenvalue weighted by Gasteiger charge is 2.34. The molecule has 0 aliphatic carbocycles. The zero-order valence-electron chi connectivity index (χ0n) is 11.1. The van der Waals surface area contributed by atoms with Gasteiger partial charge in [-0.3, -0.25) is 4.90 Å². The van der Waals surface area contributed by atoms with Crippen LogP contribution in [-0.4, -0.2) is 53.6 Å². The summed E-state index contributed by atoms with van der Waals surface area (Å²) in [5.74, 6) is 1.94. The molecule has 0 amide bonds. The van der Waals surface area contributed by atoms with Crippen LogP contribution in [0, 0.1) is 0 Å². The molecule has 0 saturated carbocycles. The summed E-state index contributed by atoms with van der Waals surface area (Å²) in [5, 5.41) is 3.08. The normalized spacial score (nSPS) is 28.2. The molecule has 18 heavy (non-hydrogen) atoms. The molecule has 0 bridgehead atoms. The van der Waals surface area contributed by atoms with Gasteiger partial charge < -0.3 is 10.2 Å². The minimum atomic E-state index is 0.527. The van der Waals surface area contributed by atoms with E-state index >= 15 is 0 Å². The minimum absolute atomic E-state index is 0.527. The third-order valence-corrected chi connectivity index (χ3v) is 4.14. The summed E-state index contributed by atoms with van der Waals surface area (Å²) >= 11 is 0. The summed E-state index contributed by atoms with van der Waals surface area (Å²) < 4.78 is 0. The molecule has 3 heterocycles. The average Bonchev–Trinajstić information content (AvgIpc) is 2.85. The van der Waals surface area contributed by atoms with Gasteiger partial charge in [0, 0.05) is 38.3 Å². The monoisotopic (exact) mass is 247 g/mol. The van der Waals surface area contributed by atoms with Crippen molar-refractivity contribution in [1.29, 1.82) is 0 Å². The van der Waals surface area contributed by atoms with Gasteiger partial charge in [-0.15, -0.1) is 0 Å². The van der Waals surface area contributed by atoms with E-state index in [9.17, 15) is 0 Å². The van der Waals surface area contributed by atoms with Gasteiger partial charge in [-0.2, -0.15) is 0 Å². The molecule has 2 aliphatic heterocycles. The van der Waals surface area contributed by atoms with Crippen LogP contribution in [-0.2, 0) is 0 Å². The summed E-state index contributed by atoms with van der Waals surface area (Å²) in [6.45, 7) is 5.81. The van der Waals surface area contributed by atoms with E-state index in [0.717, 1.165) is 24.7 Å². The van der Waals surface area contributed by atoms with E-state index in [1.165, 1.54) is 19.4 Å². The predicted octanol–water partition coefficient (Wildman–Crippen LogP) is 1.19. The molecule has 98 valence electrons. The summed E-state index contributed by atoms with van der Waals surface area (Å²) in [5.41, 5.74) is 0. The van der Waals surface area contributed by atoms with Crippen LogP contribution in [0.3, 0.4) is 0 Å². The van der Waals surface area contributed by atoms with Crippen LogP contribution in [0.5, 0.6) is 0 Å². The smallest absolute Gasteiger partial charge is 0.134 e. The lowest BCUT2D eigenvalue weighted by atomic mass is 10.1. The highest BCUT2D eigenvalue weighted by Crippen LogP contribution is 2.27. The SMILES string of the molecule is CNc1cc(N2CC3CCCN3CC2C)ncn1. The van der Waals surface area contributed by atoms with Crippen LogP contribution in [0.4, 0.5) is 11.6 Å². The Hall–Kier alpha value is -1.36. The van der Waals surface area contributed by atoms with Gasteiger partial charge in [0.15, 0.2) is 0 Å². The van der Waals surface area contributed by atoms with Gasteiger partial charge in [0.2, 0.25) is 0 Å². The molecule has 0 radical (unpaired) electrons. The molecule has 2 atom stereocenters. The lowest BCUT2D eigenvalue weighted by Crippen LogP contribution is -2.55. The Bertz CT molecular complexity index is 422. The van der Waals surface area contributed by atoms with E-state index in [2.05, 4.69) is 32.0 Å². The predicted molar refractivity (Wildman–Crippen MR) is 73.0 cm³/mol. The number of aromatic nitrogens is 2. The Morgan fingerprint density at radius 3 is 3.06 bits per heavy atom. The molecular formula is C13H21N5. The first-order valence-electron chi connectivity index (χ1n) is 6.78. The number of rotatable bonds is 2. The van der Waals surface area contributed by atoms with E-state index in [1.54, 1.807) is 6.33 Å². The van der Waals surface area contributed by atoms with Crippen LogP contribution < -0.4 is 10.2 Å². The third-order valence-electron chi connectivity index (χ3n) is 4.14. The lowest BCUT2D eigenvalue weighted by molar-refractivity contribution is 0.202. The van der Waals surface area contributed by atoms with Gasteiger partial charge in [0.25, 0.3) is 0 Å². The van der Waals surface area contributed by atoms with Crippen molar-refractivity contribution in [2.24, 2.45) is 0 Å². The minimum Gasteiger partial charge on any atom is -0.373 e. The Morgan fingerprint density at radius 2 is 2.22 bits per heavy atom. The van der Waals surface area contributed by atoms with E-state index in [-0.39, 0.29) is 0 Å². The van der Waals surface area contributed by atoms with Crippen molar-refractivity contribution in [2.75, 3.05) is 36.9 Å². The van der Waals surface area contributed by atoms with Gasteiger partial charge in [-0.1, -0.05) is 0 Å². The summed E-state index contributed by atoms with van der Waals surface area (Å²) in [7, 11) is 1.89. The molecule has 5 heteroatoms. The molecule has 1 N–H and O–H groups in total. The zero-order valence-corrected chi connectivity index (χ0v) is 11.1. The maximum Gasteiger partial charge on any atom is 0.134 e. The summed E-state index contributed by atoms with van der Waals surface area (Å²) in [6.07, 6.45) is 4.32. The molecule has 0 spiro atoms. The number of nitrogens with one attached hydrogen (secondary N) is 1. The van der Waals surface area contributed by atoms with Gasteiger partial charge in [-0.05, 0) is 26.3 Å². The molecular weight excluding hydrogens is 226 g/mol. The van der Waals surface area contributed by atoms with Crippen LogP contribution >= 0.6 is 0 Å². The molecule has 0 aromatic carbocycles. The highest BCUT2D eigenvalue weighted by molar-refractivity contribution is 5.49. The number of piperazine rings is 1. The average molecular weight is 247 g/mol. The molecule has 2 unspecified atom stereocenters. The van der Waals surface area contributed by atoms with Crippen LogP contribution in [0.1, 0.15) is 19.8 Å². The second kappa shape index (κ2) is 4.72. The highest BCUT2D eigenvalue weighted by atomic mass is 15.3. The van der Waals surface area contributed by atoms with Crippen molar-refractivity contribution in [1.82, 2.24) is 14.9 Å². The van der Waals surface area contributed by atoms with Gasteiger partial charge >= 0.3 is 0 Å². The molecule has 2 aliphatic rings. The summed E-state index contributed by atoms with van der Waals surface area (Å²) in [6, 6.07) is 3.29. The molecule has 5 nitrogen and oxygen atoms in total. The Balaban J connectivity index is 1.81. The first-order valence-corrected chi connectivity index (χ1v) is 6.78. The maximum absolute atomic E-state index is 4.43. The number of fused-ring (bicyclic) bond motifs is 1.